The molecule has 0 atom stereocenters. The van der Waals surface area contributed by atoms with Gasteiger partial charge < -0.3 is 10.4 Å². The van der Waals surface area contributed by atoms with Crippen LogP contribution in [0.15, 0.2) is 24.3 Å². The molecule has 0 spiro atoms. The molecule has 1 amide bonds. The minimum Gasteiger partial charge on any atom is -0.507 e. The lowest BCUT2D eigenvalue weighted by molar-refractivity contribution is 0.0848. The van der Waals surface area contributed by atoms with E-state index in [4.69, 9.17) is 0 Å². The summed E-state index contributed by atoms with van der Waals surface area (Å²) in [4.78, 5) is 11.8. The van der Waals surface area contributed by atoms with Gasteiger partial charge in [-0.25, -0.2) is 0 Å². The lowest BCUT2D eigenvalue weighted by atomic mass is 9.78. The van der Waals surface area contributed by atoms with Gasteiger partial charge in [0.2, 0.25) is 0 Å². The van der Waals surface area contributed by atoms with Gasteiger partial charge in [-0.2, -0.15) is 0 Å². The fourth-order valence-corrected chi connectivity index (χ4v) is 1.84. The summed E-state index contributed by atoms with van der Waals surface area (Å²) in [6, 6.07) is 6.61. The summed E-state index contributed by atoms with van der Waals surface area (Å²) in [5, 5.41) is 12.5. The number of rotatable bonds is 2. The number of phenols is 1. The Morgan fingerprint density at radius 1 is 1.40 bits per heavy atom. The lowest BCUT2D eigenvalue weighted by Gasteiger charge is -2.39. The largest absolute Gasteiger partial charge is 0.507 e. The molecule has 15 heavy (non-hydrogen) atoms. The molecule has 80 valence electrons. The summed E-state index contributed by atoms with van der Waals surface area (Å²) in [6.07, 6.45) is 3.20. The third-order valence-electron chi connectivity index (χ3n) is 3.02. The quantitative estimate of drug-likeness (QED) is 0.776. The van der Waals surface area contributed by atoms with Crippen molar-refractivity contribution in [3.05, 3.63) is 29.8 Å². The predicted octanol–water partition coefficient (Wildman–Crippen LogP) is 2.06. The number of carbonyl (C=O) groups is 1. The molecule has 3 nitrogen and oxygen atoms in total. The second-order valence-electron chi connectivity index (χ2n) is 4.39. The van der Waals surface area contributed by atoms with Crippen molar-refractivity contribution >= 4 is 5.91 Å². The molecule has 1 aliphatic carbocycles. The van der Waals surface area contributed by atoms with Gasteiger partial charge in [0.1, 0.15) is 5.75 Å². The average molecular weight is 205 g/mol. The fraction of sp³-hybridized carbons (Fsp3) is 0.417. The van der Waals surface area contributed by atoms with E-state index in [1.807, 2.05) is 6.92 Å². The van der Waals surface area contributed by atoms with Crippen LogP contribution in [0.3, 0.4) is 0 Å². The van der Waals surface area contributed by atoms with Gasteiger partial charge in [0.25, 0.3) is 5.91 Å². The second kappa shape index (κ2) is 3.57. The number of phenolic OH excluding ortho intramolecular Hbond substituents is 1. The molecule has 0 aromatic heterocycles. The predicted molar refractivity (Wildman–Crippen MR) is 57.8 cm³/mol. The Morgan fingerprint density at radius 2 is 2.07 bits per heavy atom. The highest BCUT2D eigenvalue weighted by Crippen LogP contribution is 2.31. The normalized spacial score (nSPS) is 17.9. The van der Waals surface area contributed by atoms with E-state index in [-0.39, 0.29) is 17.2 Å². The first-order valence-electron chi connectivity index (χ1n) is 5.21. The van der Waals surface area contributed by atoms with Crippen LogP contribution >= 0.6 is 0 Å². The first-order chi connectivity index (χ1) is 7.11. The summed E-state index contributed by atoms with van der Waals surface area (Å²) in [5.74, 6) is -0.145. The molecule has 1 aromatic rings. The molecule has 0 saturated heterocycles. The number of hydrogen-bond donors (Lipinski definition) is 2. The molecule has 3 heteroatoms. The number of benzene rings is 1. The molecular formula is C12H15NO2. The summed E-state index contributed by atoms with van der Waals surface area (Å²) in [7, 11) is 0. The molecular weight excluding hydrogens is 190 g/mol. The molecule has 2 N–H and O–H groups in total. The van der Waals surface area contributed by atoms with E-state index in [1.165, 1.54) is 6.07 Å². The van der Waals surface area contributed by atoms with Crippen LogP contribution in [0.25, 0.3) is 0 Å². The number of hydrogen-bond acceptors (Lipinski definition) is 2. The summed E-state index contributed by atoms with van der Waals surface area (Å²) in [6.45, 7) is 2.04. The molecule has 1 aliphatic rings. The van der Waals surface area contributed by atoms with Gasteiger partial charge >= 0.3 is 0 Å². The monoisotopic (exact) mass is 205 g/mol. The third kappa shape index (κ3) is 1.96. The smallest absolute Gasteiger partial charge is 0.255 e. The lowest BCUT2D eigenvalue weighted by Crippen LogP contribution is -2.50. The second-order valence-corrected chi connectivity index (χ2v) is 4.39. The summed E-state index contributed by atoms with van der Waals surface area (Å²) >= 11 is 0. The molecule has 1 aromatic carbocycles. The number of nitrogens with one attached hydrogen (secondary N) is 1. The molecule has 2 rings (SSSR count). The minimum atomic E-state index is -0.185. The molecule has 1 saturated carbocycles. The van der Waals surface area contributed by atoms with Gasteiger partial charge in [-0.05, 0) is 38.3 Å². The number of carbonyl (C=O) groups excluding carboxylic acids is 1. The third-order valence-corrected chi connectivity index (χ3v) is 3.02. The van der Waals surface area contributed by atoms with Crippen molar-refractivity contribution < 1.29 is 9.90 Å². The molecule has 0 unspecified atom stereocenters. The van der Waals surface area contributed by atoms with Crippen LogP contribution in [0.2, 0.25) is 0 Å². The van der Waals surface area contributed by atoms with Crippen LogP contribution in [-0.2, 0) is 0 Å². The van der Waals surface area contributed by atoms with Gasteiger partial charge in [0, 0.05) is 5.54 Å². The Labute approximate surface area is 89.1 Å². The Hall–Kier alpha value is -1.51. The van der Waals surface area contributed by atoms with Crippen LogP contribution in [0.1, 0.15) is 36.5 Å². The number of aromatic hydroxyl groups is 1. The Bertz CT molecular complexity index is 383. The SMILES string of the molecule is CC1(NC(=O)c2ccccc2O)CCC1. The standard InChI is InChI=1S/C12H15NO2/c1-12(7-4-8-12)13-11(15)9-5-2-3-6-10(9)14/h2-3,5-6,14H,4,7-8H2,1H3,(H,13,15). The van der Waals surface area contributed by atoms with E-state index in [1.54, 1.807) is 18.2 Å². The van der Waals surface area contributed by atoms with Gasteiger partial charge in [-0.1, -0.05) is 12.1 Å². The first kappa shape index (κ1) is 10.0. The Morgan fingerprint density at radius 3 is 2.60 bits per heavy atom. The van der Waals surface area contributed by atoms with Gasteiger partial charge in [-0.3, -0.25) is 4.79 Å². The van der Waals surface area contributed by atoms with Crippen LogP contribution < -0.4 is 5.32 Å². The van der Waals surface area contributed by atoms with Crippen molar-refractivity contribution in [2.24, 2.45) is 0 Å². The number of amides is 1. The van der Waals surface area contributed by atoms with Crippen molar-refractivity contribution in [2.45, 2.75) is 31.7 Å². The highest BCUT2D eigenvalue weighted by Gasteiger charge is 2.33. The molecule has 0 radical (unpaired) electrons. The van der Waals surface area contributed by atoms with Crippen LogP contribution in [0, 0.1) is 0 Å². The van der Waals surface area contributed by atoms with Crippen molar-refractivity contribution in [2.75, 3.05) is 0 Å². The zero-order valence-corrected chi connectivity index (χ0v) is 8.79. The van der Waals surface area contributed by atoms with Crippen LogP contribution in [0.4, 0.5) is 0 Å². The maximum Gasteiger partial charge on any atom is 0.255 e. The summed E-state index contributed by atoms with van der Waals surface area (Å²) < 4.78 is 0. The van der Waals surface area contributed by atoms with Crippen molar-refractivity contribution in [3.8, 4) is 5.75 Å². The maximum absolute atomic E-state index is 11.8. The zero-order chi connectivity index (χ0) is 10.9. The Balaban J connectivity index is 2.11. The van der Waals surface area contributed by atoms with Gasteiger partial charge in [-0.15, -0.1) is 0 Å². The number of para-hydroxylation sites is 1. The zero-order valence-electron chi connectivity index (χ0n) is 8.79. The van der Waals surface area contributed by atoms with Crippen molar-refractivity contribution in [1.82, 2.24) is 5.32 Å². The average Bonchev–Trinajstić information content (AvgIpc) is 2.16. The minimum absolute atomic E-state index is 0.0397. The van der Waals surface area contributed by atoms with E-state index >= 15 is 0 Å². The van der Waals surface area contributed by atoms with Crippen molar-refractivity contribution in [3.63, 3.8) is 0 Å². The highest BCUT2D eigenvalue weighted by molar-refractivity contribution is 5.97. The fourth-order valence-electron chi connectivity index (χ4n) is 1.84. The van der Waals surface area contributed by atoms with E-state index in [0.717, 1.165) is 19.3 Å². The molecule has 0 heterocycles. The molecule has 0 aliphatic heterocycles. The summed E-state index contributed by atoms with van der Waals surface area (Å²) in [5.41, 5.74) is 0.282. The Kier molecular flexibility index (Phi) is 2.39. The topological polar surface area (TPSA) is 49.3 Å². The highest BCUT2D eigenvalue weighted by atomic mass is 16.3. The van der Waals surface area contributed by atoms with E-state index in [9.17, 15) is 9.90 Å². The van der Waals surface area contributed by atoms with Gasteiger partial charge in [0.15, 0.2) is 0 Å². The van der Waals surface area contributed by atoms with Crippen LogP contribution in [0.5, 0.6) is 5.75 Å². The van der Waals surface area contributed by atoms with Crippen molar-refractivity contribution in [1.29, 1.82) is 0 Å². The van der Waals surface area contributed by atoms with E-state index < -0.39 is 0 Å². The van der Waals surface area contributed by atoms with Gasteiger partial charge in [0.05, 0.1) is 5.56 Å². The molecule has 0 bridgehead atoms. The van der Waals surface area contributed by atoms with E-state index in [0.29, 0.717) is 5.56 Å². The van der Waals surface area contributed by atoms with E-state index in [2.05, 4.69) is 5.32 Å². The first-order valence-corrected chi connectivity index (χ1v) is 5.21. The maximum atomic E-state index is 11.8. The molecule has 1 fully saturated rings. The van der Waals surface area contributed by atoms with Crippen LogP contribution in [-0.4, -0.2) is 16.6 Å².